The van der Waals surface area contributed by atoms with Crippen molar-refractivity contribution in [1.29, 1.82) is 0 Å². The van der Waals surface area contributed by atoms with Gasteiger partial charge in [0.15, 0.2) is 5.76 Å². The number of furan rings is 1. The Morgan fingerprint density at radius 3 is 2.73 bits per heavy atom. The molecule has 0 atom stereocenters. The summed E-state index contributed by atoms with van der Waals surface area (Å²) in [5.74, 6) is 4.55. The minimum absolute atomic E-state index is 0.0922. The van der Waals surface area contributed by atoms with Crippen LogP contribution in [0.1, 0.15) is 10.4 Å². The number of aromatic nitrogens is 3. The number of halogens is 1. The highest BCUT2D eigenvalue weighted by Crippen LogP contribution is 2.21. The number of nitrogens with one attached hydrogen (secondary N) is 2. The van der Waals surface area contributed by atoms with Gasteiger partial charge < -0.3 is 10.3 Å². The van der Waals surface area contributed by atoms with Crippen molar-refractivity contribution in [3.63, 3.8) is 0 Å². The minimum atomic E-state index is -0.761. The molecule has 3 rings (SSSR count). The molecule has 0 aliphatic rings. The van der Waals surface area contributed by atoms with Gasteiger partial charge in [0.1, 0.15) is 5.82 Å². The van der Waals surface area contributed by atoms with E-state index in [-0.39, 0.29) is 16.5 Å². The number of benzene rings is 1. The third-order valence-corrected chi connectivity index (χ3v) is 4.12. The fraction of sp³-hybridized carbons (Fsp3) is 0.0667. The van der Waals surface area contributed by atoms with Crippen molar-refractivity contribution in [3.8, 4) is 11.6 Å². The van der Waals surface area contributed by atoms with Crippen LogP contribution >= 0.6 is 11.8 Å². The van der Waals surface area contributed by atoms with E-state index in [0.29, 0.717) is 11.6 Å². The molecule has 26 heavy (non-hydrogen) atoms. The number of hydrazine groups is 1. The fourth-order valence-electron chi connectivity index (χ4n) is 1.95. The Hall–Kier alpha value is -3.34. The predicted molar refractivity (Wildman–Crippen MR) is 90.6 cm³/mol. The highest BCUT2D eigenvalue weighted by atomic mass is 32.2. The van der Waals surface area contributed by atoms with Crippen molar-refractivity contribution in [2.24, 2.45) is 0 Å². The summed E-state index contributed by atoms with van der Waals surface area (Å²) in [6.07, 6.45) is 1.47. The molecule has 1 aromatic carbocycles. The molecule has 0 aliphatic carbocycles. The number of thioether (sulfide) groups is 1. The van der Waals surface area contributed by atoms with E-state index in [1.807, 2.05) is 0 Å². The molecule has 0 unspecified atom stereocenters. The van der Waals surface area contributed by atoms with Crippen molar-refractivity contribution in [2.45, 2.75) is 5.16 Å². The first-order valence-corrected chi connectivity index (χ1v) is 8.25. The average molecular weight is 376 g/mol. The summed E-state index contributed by atoms with van der Waals surface area (Å²) in [7, 11) is 0. The third kappa shape index (κ3) is 3.83. The number of hydrogen-bond donors (Lipinski definition) is 3. The lowest BCUT2D eigenvalue weighted by atomic mass is 10.2. The van der Waals surface area contributed by atoms with Gasteiger partial charge in [0, 0.05) is 0 Å². The van der Waals surface area contributed by atoms with Crippen LogP contribution in [0.5, 0.6) is 0 Å². The Bertz CT molecular complexity index is 927. The summed E-state index contributed by atoms with van der Waals surface area (Å²) in [4.78, 5) is 23.6. The molecule has 3 aromatic rings. The number of nitrogens with zero attached hydrogens (tertiary/aromatic N) is 3. The summed E-state index contributed by atoms with van der Waals surface area (Å²) >= 11 is 1.01. The maximum absolute atomic E-state index is 13.5. The van der Waals surface area contributed by atoms with E-state index >= 15 is 0 Å². The smallest absolute Gasteiger partial charge is 0.272 e. The van der Waals surface area contributed by atoms with Gasteiger partial charge in [-0.3, -0.25) is 20.4 Å². The molecule has 134 valence electrons. The highest BCUT2D eigenvalue weighted by molar-refractivity contribution is 7.99. The molecule has 0 saturated carbocycles. The molecule has 0 bridgehead atoms. The molecule has 9 nitrogen and oxygen atoms in total. The largest absolute Gasteiger partial charge is 0.461 e. The lowest BCUT2D eigenvalue weighted by Gasteiger charge is -2.07. The van der Waals surface area contributed by atoms with Crippen LogP contribution in [0.25, 0.3) is 11.6 Å². The number of hydrogen-bond acceptors (Lipinski definition) is 7. The predicted octanol–water partition coefficient (Wildman–Crippen LogP) is 0.944. The van der Waals surface area contributed by atoms with Gasteiger partial charge in [0.05, 0.1) is 17.6 Å². The summed E-state index contributed by atoms with van der Waals surface area (Å²) in [6.45, 7) is 0. The van der Waals surface area contributed by atoms with Crippen LogP contribution in [-0.2, 0) is 4.79 Å². The summed E-state index contributed by atoms with van der Waals surface area (Å²) in [5.41, 5.74) is 4.15. The van der Waals surface area contributed by atoms with Gasteiger partial charge in [0.25, 0.3) is 5.91 Å². The molecule has 0 saturated heterocycles. The summed E-state index contributed by atoms with van der Waals surface area (Å²) in [6, 6.07) is 8.78. The zero-order chi connectivity index (χ0) is 18.5. The van der Waals surface area contributed by atoms with Crippen LogP contribution in [0.3, 0.4) is 0 Å². The van der Waals surface area contributed by atoms with E-state index in [9.17, 15) is 14.0 Å². The average Bonchev–Trinajstić information content (AvgIpc) is 3.28. The molecule has 11 heteroatoms. The van der Waals surface area contributed by atoms with Crippen LogP contribution in [0, 0.1) is 5.82 Å². The minimum Gasteiger partial charge on any atom is -0.461 e. The monoisotopic (exact) mass is 376 g/mol. The van der Waals surface area contributed by atoms with Gasteiger partial charge in [-0.05, 0) is 24.3 Å². The molecule has 2 amide bonds. The maximum atomic E-state index is 13.5. The number of nitrogen functional groups attached to an aromatic ring is 1. The first-order chi connectivity index (χ1) is 12.6. The standard InChI is InChI=1S/C15H13FN6O3S/c16-10-5-2-1-4-9(10)14(24)20-18-12(23)8-26-15-21-19-13(22(15)17)11-6-3-7-25-11/h1-7H,8,17H2,(H,18,23)(H,20,24). The molecule has 0 spiro atoms. The van der Waals surface area contributed by atoms with E-state index in [4.69, 9.17) is 10.3 Å². The van der Waals surface area contributed by atoms with Crippen molar-refractivity contribution >= 4 is 23.6 Å². The molecule has 0 fully saturated rings. The van der Waals surface area contributed by atoms with Crippen LogP contribution in [0.4, 0.5) is 4.39 Å². The van der Waals surface area contributed by atoms with Crippen molar-refractivity contribution in [2.75, 3.05) is 11.6 Å². The Balaban J connectivity index is 1.52. The Morgan fingerprint density at radius 1 is 1.19 bits per heavy atom. The second kappa shape index (κ2) is 7.70. The first kappa shape index (κ1) is 17.5. The number of carbonyl (C=O) groups excluding carboxylic acids is 2. The first-order valence-electron chi connectivity index (χ1n) is 7.27. The van der Waals surface area contributed by atoms with Crippen LogP contribution in [-0.4, -0.2) is 32.4 Å². The van der Waals surface area contributed by atoms with Gasteiger partial charge in [-0.15, -0.1) is 10.2 Å². The van der Waals surface area contributed by atoms with Gasteiger partial charge in [-0.25, -0.2) is 9.07 Å². The highest BCUT2D eigenvalue weighted by Gasteiger charge is 2.16. The van der Waals surface area contributed by atoms with E-state index < -0.39 is 17.6 Å². The van der Waals surface area contributed by atoms with Crippen LogP contribution in [0.15, 0.2) is 52.2 Å². The molecule has 0 radical (unpaired) electrons. The van der Waals surface area contributed by atoms with Crippen LogP contribution in [0.2, 0.25) is 0 Å². The zero-order valence-electron chi connectivity index (χ0n) is 13.2. The van der Waals surface area contributed by atoms with Gasteiger partial charge in [-0.2, -0.15) is 0 Å². The van der Waals surface area contributed by atoms with E-state index in [1.165, 1.54) is 29.1 Å². The molecule has 2 aromatic heterocycles. The molecule has 2 heterocycles. The van der Waals surface area contributed by atoms with Gasteiger partial charge in [0.2, 0.25) is 16.9 Å². The third-order valence-electron chi connectivity index (χ3n) is 3.17. The topological polar surface area (TPSA) is 128 Å². The van der Waals surface area contributed by atoms with Crippen LogP contribution < -0.4 is 16.7 Å². The lowest BCUT2D eigenvalue weighted by molar-refractivity contribution is -0.119. The Morgan fingerprint density at radius 2 is 2.00 bits per heavy atom. The quantitative estimate of drug-likeness (QED) is 0.343. The van der Waals surface area contributed by atoms with Crippen molar-refractivity contribution < 1.29 is 18.4 Å². The molecular weight excluding hydrogens is 363 g/mol. The SMILES string of the molecule is Nn1c(SCC(=O)NNC(=O)c2ccccc2F)nnc1-c1ccco1. The maximum Gasteiger partial charge on any atom is 0.272 e. The van der Waals surface area contributed by atoms with Gasteiger partial charge in [-0.1, -0.05) is 23.9 Å². The molecule has 4 N–H and O–H groups in total. The zero-order valence-corrected chi connectivity index (χ0v) is 14.0. The number of carbonyl (C=O) groups is 2. The summed E-state index contributed by atoms with van der Waals surface area (Å²) < 4.78 is 19.9. The number of amides is 2. The molecule has 0 aliphatic heterocycles. The van der Waals surface area contributed by atoms with Crippen molar-refractivity contribution in [1.82, 2.24) is 25.7 Å². The second-order valence-corrected chi connectivity index (χ2v) is 5.87. The second-order valence-electron chi connectivity index (χ2n) is 4.92. The lowest BCUT2D eigenvalue weighted by Crippen LogP contribution is -2.42. The van der Waals surface area contributed by atoms with E-state index in [0.717, 1.165) is 17.8 Å². The number of rotatable bonds is 5. The normalized spacial score (nSPS) is 10.5. The van der Waals surface area contributed by atoms with Gasteiger partial charge >= 0.3 is 0 Å². The Kier molecular flexibility index (Phi) is 5.17. The number of nitrogens with two attached hydrogens (primary N) is 1. The van der Waals surface area contributed by atoms with Crippen molar-refractivity contribution in [3.05, 3.63) is 54.0 Å². The van der Waals surface area contributed by atoms with E-state index in [2.05, 4.69) is 21.0 Å². The summed E-state index contributed by atoms with van der Waals surface area (Å²) in [5, 5.41) is 8.05. The molecular formula is C15H13FN6O3S. The van der Waals surface area contributed by atoms with E-state index in [1.54, 1.807) is 12.1 Å². The Labute approximate surface area is 150 Å². The fourth-order valence-corrected chi connectivity index (χ4v) is 2.61.